The average Bonchev–Trinajstić information content (AvgIpc) is 3.52. The van der Waals surface area contributed by atoms with Crippen molar-refractivity contribution in [3.63, 3.8) is 0 Å². The van der Waals surface area contributed by atoms with Gasteiger partial charge in [0.15, 0.2) is 0 Å². The third kappa shape index (κ3) is 7.23. The lowest BCUT2D eigenvalue weighted by molar-refractivity contribution is 0.0953. The minimum atomic E-state index is -3.95. The minimum Gasteiger partial charge on any atom is -0.352 e. The molecule has 3 aromatic carbocycles. The van der Waals surface area contributed by atoms with Crippen LogP contribution >= 0.6 is 0 Å². The number of hydrogen-bond donors (Lipinski definition) is 1. The number of piperidine rings is 1. The van der Waals surface area contributed by atoms with Crippen LogP contribution in [0.2, 0.25) is 0 Å². The summed E-state index contributed by atoms with van der Waals surface area (Å²) in [5, 5.41) is 10.7. The fourth-order valence-corrected chi connectivity index (χ4v) is 6.21. The van der Waals surface area contributed by atoms with E-state index in [0.29, 0.717) is 30.8 Å². The molecule has 11 heteroatoms. The molecule has 1 aromatic heterocycles. The number of likely N-dealkylation sites (tertiary alicyclic amines) is 1. The number of hydrogen-bond acceptors (Lipinski definition) is 6. The van der Waals surface area contributed by atoms with E-state index in [-0.39, 0.29) is 22.4 Å². The Hall–Kier alpha value is -4.22. The summed E-state index contributed by atoms with van der Waals surface area (Å²) in [7, 11) is -3.95. The maximum absolute atomic E-state index is 13.6. The maximum atomic E-state index is 13.6. The predicted molar refractivity (Wildman–Crippen MR) is 160 cm³/mol. The molecule has 0 saturated carbocycles. The van der Waals surface area contributed by atoms with E-state index in [1.54, 1.807) is 24.3 Å². The molecule has 0 radical (unpaired) electrons. The van der Waals surface area contributed by atoms with E-state index < -0.39 is 10.0 Å². The van der Waals surface area contributed by atoms with Crippen molar-refractivity contribution >= 4 is 21.5 Å². The predicted octanol–water partition coefficient (Wildman–Crippen LogP) is 5.07. The molecule has 1 aliphatic heterocycles. The second-order valence-corrected chi connectivity index (χ2v) is 12.2. The number of halogens is 2. The molecule has 1 N–H and O–H groups in total. The van der Waals surface area contributed by atoms with Gasteiger partial charge in [-0.15, -0.1) is 9.19 Å². The second kappa shape index (κ2) is 13.4. The van der Waals surface area contributed by atoms with Crippen LogP contribution in [-0.4, -0.2) is 59.8 Å². The third-order valence-electron chi connectivity index (χ3n) is 7.48. The Labute approximate surface area is 250 Å². The number of aromatic nitrogens is 3. The number of nitrogens with one attached hydrogen (secondary N) is 1. The van der Waals surface area contributed by atoms with E-state index in [4.69, 9.17) is 0 Å². The Bertz CT molecular complexity index is 1640. The fourth-order valence-electron chi connectivity index (χ4n) is 5.12. The van der Waals surface area contributed by atoms with Crippen molar-refractivity contribution < 1.29 is 22.0 Å². The van der Waals surface area contributed by atoms with Gasteiger partial charge >= 0.3 is 0 Å². The van der Waals surface area contributed by atoms with Crippen molar-refractivity contribution in [3.05, 3.63) is 119 Å². The molecular weight excluding hydrogens is 572 g/mol. The van der Waals surface area contributed by atoms with Crippen molar-refractivity contribution in [2.45, 2.75) is 37.5 Å². The molecule has 4 aromatic rings. The first kappa shape index (κ1) is 30.2. The summed E-state index contributed by atoms with van der Waals surface area (Å²) in [5.74, 6) is -0.871. The molecule has 0 atom stereocenters. The summed E-state index contributed by atoms with van der Waals surface area (Å²) in [4.78, 5) is 14.4. The lowest BCUT2D eigenvalue weighted by atomic mass is 9.88. The van der Waals surface area contributed by atoms with Gasteiger partial charge in [0.25, 0.3) is 15.9 Å². The van der Waals surface area contributed by atoms with Crippen LogP contribution in [-0.2, 0) is 16.4 Å². The Morgan fingerprint density at radius 2 is 1.42 bits per heavy atom. The van der Waals surface area contributed by atoms with E-state index in [2.05, 4.69) is 20.5 Å². The number of amides is 1. The Morgan fingerprint density at radius 1 is 0.860 bits per heavy atom. The van der Waals surface area contributed by atoms with Crippen LogP contribution in [0.5, 0.6) is 0 Å². The Balaban J connectivity index is 1.22. The SMILES string of the molecule is CCCNC(=O)c1ccc(S(=O)(=O)n2cc(CCN3CCC(=C(c4ccc(F)cc4)c4ccc(F)cc4)CC3)nn2)cc1. The van der Waals surface area contributed by atoms with Crippen LogP contribution in [0.25, 0.3) is 5.57 Å². The molecule has 0 spiro atoms. The van der Waals surface area contributed by atoms with Crippen LogP contribution in [0, 0.1) is 11.6 Å². The molecule has 0 aliphatic carbocycles. The fraction of sp³-hybridized carbons (Fsp3) is 0.281. The first-order valence-electron chi connectivity index (χ1n) is 14.3. The summed E-state index contributed by atoms with van der Waals surface area (Å²) in [5.41, 5.74) is 4.95. The zero-order chi connectivity index (χ0) is 30.4. The van der Waals surface area contributed by atoms with Crippen LogP contribution < -0.4 is 5.32 Å². The zero-order valence-corrected chi connectivity index (χ0v) is 24.7. The smallest absolute Gasteiger partial charge is 0.284 e. The standard InChI is InChI=1S/C32H33F2N5O3S/c1-2-18-35-32(40)26-7-13-30(14-8-26)43(41,42)39-22-29(36-37-39)17-21-38-19-15-25(16-20-38)31(23-3-9-27(33)10-4-23)24-5-11-28(34)12-6-24/h3-14,22H,2,15-21H2,1H3,(H,35,40). The molecule has 1 saturated heterocycles. The van der Waals surface area contributed by atoms with Gasteiger partial charge in [-0.2, -0.15) is 8.42 Å². The third-order valence-corrected chi connectivity index (χ3v) is 9.02. The highest BCUT2D eigenvalue weighted by atomic mass is 32.2. The average molecular weight is 606 g/mol. The molecule has 1 fully saturated rings. The maximum Gasteiger partial charge on any atom is 0.284 e. The largest absolute Gasteiger partial charge is 0.352 e. The van der Waals surface area contributed by atoms with Crippen LogP contribution in [0.4, 0.5) is 8.78 Å². The van der Waals surface area contributed by atoms with Gasteiger partial charge in [0.1, 0.15) is 11.6 Å². The van der Waals surface area contributed by atoms with Crippen LogP contribution in [0.1, 0.15) is 53.4 Å². The van der Waals surface area contributed by atoms with Crippen molar-refractivity contribution in [1.82, 2.24) is 24.6 Å². The van der Waals surface area contributed by atoms with E-state index >= 15 is 0 Å². The molecule has 8 nitrogen and oxygen atoms in total. The van der Waals surface area contributed by atoms with Gasteiger partial charge in [-0.1, -0.05) is 42.0 Å². The van der Waals surface area contributed by atoms with Gasteiger partial charge in [0.2, 0.25) is 0 Å². The van der Waals surface area contributed by atoms with E-state index in [0.717, 1.165) is 53.1 Å². The summed E-state index contributed by atoms with van der Waals surface area (Å²) in [6.07, 6.45) is 4.33. The van der Waals surface area contributed by atoms with E-state index in [1.807, 2.05) is 6.92 Å². The Kier molecular flexibility index (Phi) is 9.42. The quantitative estimate of drug-likeness (QED) is 0.271. The van der Waals surface area contributed by atoms with Gasteiger partial charge in [-0.25, -0.2) is 8.78 Å². The first-order chi connectivity index (χ1) is 20.7. The number of nitrogens with zero attached hydrogens (tertiary/aromatic N) is 4. The van der Waals surface area contributed by atoms with Gasteiger partial charge in [0, 0.05) is 38.2 Å². The van der Waals surface area contributed by atoms with Crippen molar-refractivity contribution in [3.8, 4) is 0 Å². The lowest BCUT2D eigenvalue weighted by Crippen LogP contribution is -2.33. The van der Waals surface area contributed by atoms with E-state index in [9.17, 15) is 22.0 Å². The minimum absolute atomic E-state index is 0.0180. The van der Waals surface area contributed by atoms with Gasteiger partial charge in [-0.3, -0.25) is 4.79 Å². The van der Waals surface area contributed by atoms with Gasteiger partial charge in [-0.05, 0) is 84.5 Å². The first-order valence-corrected chi connectivity index (χ1v) is 15.7. The van der Waals surface area contributed by atoms with Crippen molar-refractivity contribution in [2.75, 3.05) is 26.2 Å². The van der Waals surface area contributed by atoms with Crippen molar-refractivity contribution in [1.29, 1.82) is 0 Å². The van der Waals surface area contributed by atoms with Crippen LogP contribution in [0.3, 0.4) is 0 Å². The highest BCUT2D eigenvalue weighted by Crippen LogP contribution is 2.32. The van der Waals surface area contributed by atoms with Crippen LogP contribution in [0.15, 0.2) is 89.5 Å². The molecular formula is C32H33F2N5O3S. The molecule has 0 unspecified atom stereocenters. The highest BCUT2D eigenvalue weighted by molar-refractivity contribution is 7.89. The Morgan fingerprint density at radius 3 is 1.98 bits per heavy atom. The molecule has 5 rings (SSSR count). The summed E-state index contributed by atoms with van der Waals surface area (Å²) in [6, 6.07) is 18.5. The summed E-state index contributed by atoms with van der Waals surface area (Å²) < 4.78 is 54.3. The second-order valence-electron chi connectivity index (χ2n) is 10.5. The van der Waals surface area contributed by atoms with Gasteiger partial charge < -0.3 is 10.2 Å². The molecule has 224 valence electrons. The number of rotatable bonds is 10. The monoisotopic (exact) mass is 605 g/mol. The molecule has 2 heterocycles. The molecule has 0 bridgehead atoms. The molecule has 1 aliphatic rings. The zero-order valence-electron chi connectivity index (χ0n) is 23.8. The normalized spacial score (nSPS) is 14.1. The number of carbonyl (C=O) groups excluding carboxylic acids is 1. The molecule has 43 heavy (non-hydrogen) atoms. The van der Waals surface area contributed by atoms with E-state index in [1.165, 1.54) is 60.3 Å². The van der Waals surface area contributed by atoms with Gasteiger partial charge in [0.05, 0.1) is 16.8 Å². The summed E-state index contributed by atoms with van der Waals surface area (Å²) >= 11 is 0. The number of benzene rings is 3. The molecule has 1 amide bonds. The van der Waals surface area contributed by atoms with Crippen molar-refractivity contribution in [2.24, 2.45) is 0 Å². The highest BCUT2D eigenvalue weighted by Gasteiger charge is 2.22. The number of carbonyl (C=O) groups is 1. The topological polar surface area (TPSA) is 97.2 Å². The lowest BCUT2D eigenvalue weighted by Gasteiger charge is -2.30. The summed E-state index contributed by atoms with van der Waals surface area (Å²) in [6.45, 7) is 4.74.